The van der Waals surface area contributed by atoms with E-state index in [-0.39, 0.29) is 29.6 Å². The third kappa shape index (κ3) is 2.79. The standard InChI is InChI=1S/C16H17NO3/c1-10(2)14(18)9-17-16(20)13-8-7-11-5-3-4-6-12(11)15(13)19/h3-8,10,19H,9H2,1-2H3,(H,17,20). The first-order valence-corrected chi connectivity index (χ1v) is 6.52. The second-order valence-corrected chi connectivity index (χ2v) is 4.99. The van der Waals surface area contributed by atoms with Gasteiger partial charge in [-0.25, -0.2) is 0 Å². The quantitative estimate of drug-likeness (QED) is 0.897. The lowest BCUT2D eigenvalue weighted by molar-refractivity contribution is -0.120. The van der Waals surface area contributed by atoms with Crippen LogP contribution in [0.15, 0.2) is 36.4 Å². The van der Waals surface area contributed by atoms with E-state index in [1.54, 1.807) is 38.1 Å². The molecule has 0 aromatic heterocycles. The van der Waals surface area contributed by atoms with E-state index < -0.39 is 5.91 Å². The van der Waals surface area contributed by atoms with Crippen LogP contribution in [0.3, 0.4) is 0 Å². The Balaban J connectivity index is 2.22. The van der Waals surface area contributed by atoms with Gasteiger partial charge in [0.15, 0.2) is 5.78 Å². The molecule has 0 heterocycles. The maximum Gasteiger partial charge on any atom is 0.255 e. The van der Waals surface area contributed by atoms with Crippen molar-refractivity contribution < 1.29 is 14.7 Å². The lowest BCUT2D eigenvalue weighted by Gasteiger charge is -2.09. The minimum Gasteiger partial charge on any atom is -0.506 e. The average molecular weight is 271 g/mol. The van der Waals surface area contributed by atoms with Crippen LogP contribution >= 0.6 is 0 Å². The highest BCUT2D eigenvalue weighted by molar-refractivity contribution is 6.04. The highest BCUT2D eigenvalue weighted by Gasteiger charge is 2.15. The molecule has 0 spiro atoms. The molecule has 1 amide bonds. The van der Waals surface area contributed by atoms with Crippen LogP contribution in [0.4, 0.5) is 0 Å². The zero-order chi connectivity index (χ0) is 14.7. The smallest absolute Gasteiger partial charge is 0.255 e. The number of nitrogens with one attached hydrogen (secondary N) is 1. The Kier molecular flexibility index (Phi) is 4.03. The van der Waals surface area contributed by atoms with E-state index in [2.05, 4.69) is 5.32 Å². The maximum atomic E-state index is 12.0. The van der Waals surface area contributed by atoms with Gasteiger partial charge in [-0.15, -0.1) is 0 Å². The number of aromatic hydroxyl groups is 1. The molecule has 0 aliphatic heterocycles. The molecule has 104 valence electrons. The zero-order valence-corrected chi connectivity index (χ0v) is 11.5. The van der Waals surface area contributed by atoms with Gasteiger partial charge >= 0.3 is 0 Å². The number of amides is 1. The molecular weight excluding hydrogens is 254 g/mol. The molecule has 0 aliphatic rings. The van der Waals surface area contributed by atoms with Crippen molar-refractivity contribution in [3.8, 4) is 5.75 Å². The van der Waals surface area contributed by atoms with Crippen LogP contribution in [0.25, 0.3) is 10.8 Å². The molecule has 0 fully saturated rings. The van der Waals surface area contributed by atoms with E-state index in [0.29, 0.717) is 5.39 Å². The number of hydrogen-bond acceptors (Lipinski definition) is 3. The molecule has 4 nitrogen and oxygen atoms in total. The molecule has 0 radical (unpaired) electrons. The van der Waals surface area contributed by atoms with Crippen LogP contribution in [0, 0.1) is 5.92 Å². The normalized spacial score (nSPS) is 10.8. The maximum absolute atomic E-state index is 12.0. The number of phenols is 1. The van der Waals surface area contributed by atoms with Crippen molar-refractivity contribution in [1.82, 2.24) is 5.32 Å². The van der Waals surface area contributed by atoms with Crippen LogP contribution in [0.5, 0.6) is 5.75 Å². The molecule has 2 aromatic rings. The molecule has 20 heavy (non-hydrogen) atoms. The number of hydrogen-bond donors (Lipinski definition) is 2. The van der Waals surface area contributed by atoms with Crippen molar-refractivity contribution in [2.45, 2.75) is 13.8 Å². The van der Waals surface area contributed by atoms with Crippen molar-refractivity contribution in [2.75, 3.05) is 6.54 Å². The predicted molar refractivity (Wildman–Crippen MR) is 77.8 cm³/mol. The lowest BCUT2D eigenvalue weighted by Crippen LogP contribution is -2.31. The Hall–Kier alpha value is -2.36. The molecule has 0 bridgehead atoms. The van der Waals surface area contributed by atoms with E-state index in [9.17, 15) is 14.7 Å². The van der Waals surface area contributed by atoms with Crippen LogP contribution in [0.2, 0.25) is 0 Å². The van der Waals surface area contributed by atoms with Crippen molar-refractivity contribution >= 4 is 22.5 Å². The van der Waals surface area contributed by atoms with Crippen LogP contribution in [-0.4, -0.2) is 23.3 Å². The van der Waals surface area contributed by atoms with Gasteiger partial charge in [-0.05, 0) is 11.5 Å². The Morgan fingerprint density at radius 3 is 2.55 bits per heavy atom. The van der Waals surface area contributed by atoms with Gasteiger partial charge in [-0.3, -0.25) is 9.59 Å². The van der Waals surface area contributed by atoms with Gasteiger partial charge in [-0.1, -0.05) is 44.2 Å². The number of rotatable bonds is 4. The van der Waals surface area contributed by atoms with Crippen LogP contribution in [0.1, 0.15) is 24.2 Å². The lowest BCUT2D eigenvalue weighted by atomic mass is 10.0. The summed E-state index contributed by atoms with van der Waals surface area (Å²) in [5.74, 6) is -0.668. The summed E-state index contributed by atoms with van der Waals surface area (Å²) in [4.78, 5) is 23.5. The predicted octanol–water partition coefficient (Wildman–Crippen LogP) is 2.50. The SMILES string of the molecule is CC(C)C(=O)CNC(=O)c1ccc2ccccc2c1O. The van der Waals surface area contributed by atoms with Crippen LogP contribution < -0.4 is 5.32 Å². The number of ketones is 1. The number of carbonyl (C=O) groups is 2. The second kappa shape index (κ2) is 5.74. The minimum absolute atomic E-state index is 0.0250. The third-order valence-electron chi connectivity index (χ3n) is 3.21. The average Bonchev–Trinajstić information content (AvgIpc) is 2.45. The molecule has 0 aliphatic carbocycles. The van der Waals surface area contributed by atoms with Crippen molar-refractivity contribution in [2.24, 2.45) is 5.92 Å². The fourth-order valence-corrected chi connectivity index (χ4v) is 1.91. The molecular formula is C16H17NO3. The zero-order valence-electron chi connectivity index (χ0n) is 11.5. The second-order valence-electron chi connectivity index (χ2n) is 4.99. The van der Waals surface area contributed by atoms with Gasteiger partial charge in [0.2, 0.25) is 0 Å². The third-order valence-corrected chi connectivity index (χ3v) is 3.21. The summed E-state index contributed by atoms with van der Waals surface area (Å²) in [6.45, 7) is 3.53. The largest absolute Gasteiger partial charge is 0.506 e. The van der Waals surface area contributed by atoms with E-state index >= 15 is 0 Å². The molecule has 2 N–H and O–H groups in total. The van der Waals surface area contributed by atoms with E-state index in [0.717, 1.165) is 5.39 Å². The summed E-state index contributed by atoms with van der Waals surface area (Å²) in [5, 5.41) is 14.2. The molecule has 2 rings (SSSR count). The Labute approximate surface area is 117 Å². The number of phenolic OH excluding ortho intramolecular Hbond substituents is 1. The molecule has 0 saturated heterocycles. The van der Waals surface area contributed by atoms with E-state index in [4.69, 9.17) is 0 Å². The van der Waals surface area contributed by atoms with Crippen LogP contribution in [-0.2, 0) is 4.79 Å². The first-order chi connectivity index (χ1) is 9.50. The van der Waals surface area contributed by atoms with Gasteiger partial charge in [0.05, 0.1) is 12.1 Å². The number of fused-ring (bicyclic) bond motifs is 1. The number of benzene rings is 2. The highest BCUT2D eigenvalue weighted by atomic mass is 16.3. The van der Waals surface area contributed by atoms with Crippen molar-refractivity contribution in [3.63, 3.8) is 0 Å². The first-order valence-electron chi connectivity index (χ1n) is 6.52. The Morgan fingerprint density at radius 1 is 1.15 bits per heavy atom. The molecule has 4 heteroatoms. The number of carbonyl (C=O) groups excluding carboxylic acids is 2. The molecule has 0 saturated carbocycles. The van der Waals surface area contributed by atoms with Gasteiger partial charge in [0.25, 0.3) is 5.91 Å². The van der Waals surface area contributed by atoms with Crippen molar-refractivity contribution in [3.05, 3.63) is 42.0 Å². The minimum atomic E-state index is -0.442. The van der Waals surface area contributed by atoms with Gasteiger partial charge in [0.1, 0.15) is 5.75 Å². The fourth-order valence-electron chi connectivity index (χ4n) is 1.91. The first kappa shape index (κ1) is 14.1. The Bertz CT molecular complexity index is 662. The van der Waals surface area contributed by atoms with Gasteiger partial charge in [-0.2, -0.15) is 0 Å². The van der Waals surface area contributed by atoms with Gasteiger partial charge in [0, 0.05) is 11.3 Å². The van der Waals surface area contributed by atoms with E-state index in [1.807, 2.05) is 12.1 Å². The van der Waals surface area contributed by atoms with Gasteiger partial charge < -0.3 is 10.4 Å². The van der Waals surface area contributed by atoms with Crippen molar-refractivity contribution in [1.29, 1.82) is 0 Å². The molecule has 2 aromatic carbocycles. The highest BCUT2D eigenvalue weighted by Crippen LogP contribution is 2.28. The topological polar surface area (TPSA) is 66.4 Å². The summed E-state index contributed by atoms with van der Waals surface area (Å²) >= 11 is 0. The summed E-state index contributed by atoms with van der Waals surface area (Å²) in [6.07, 6.45) is 0. The summed E-state index contributed by atoms with van der Waals surface area (Å²) in [5.41, 5.74) is 0.181. The molecule has 0 atom stereocenters. The summed E-state index contributed by atoms with van der Waals surface area (Å²) < 4.78 is 0. The fraction of sp³-hybridized carbons (Fsp3) is 0.250. The summed E-state index contributed by atoms with van der Waals surface area (Å²) in [7, 11) is 0. The van der Waals surface area contributed by atoms with E-state index in [1.165, 1.54) is 0 Å². The summed E-state index contributed by atoms with van der Waals surface area (Å²) in [6, 6.07) is 10.6. The monoisotopic (exact) mass is 271 g/mol. The Morgan fingerprint density at radius 2 is 1.85 bits per heavy atom. The molecule has 0 unspecified atom stereocenters. The number of Topliss-reactive ketones (excluding diaryl/α,β-unsaturated/α-hetero) is 1.